The summed E-state index contributed by atoms with van der Waals surface area (Å²) >= 11 is 0. The number of aromatic nitrogens is 2. The van der Waals surface area contributed by atoms with Gasteiger partial charge in [-0.05, 0) is 24.9 Å². The third-order valence-electron chi connectivity index (χ3n) is 4.10. The summed E-state index contributed by atoms with van der Waals surface area (Å²) in [5.41, 5.74) is 1.91. The average molecular weight is 374 g/mol. The van der Waals surface area contributed by atoms with Gasteiger partial charge in [0.05, 0.1) is 37.8 Å². The summed E-state index contributed by atoms with van der Waals surface area (Å²) in [5.74, 6) is -1.29. The summed E-state index contributed by atoms with van der Waals surface area (Å²) in [6.07, 6.45) is 5.21. The third kappa shape index (κ3) is 8.02. The molecule has 2 aromatic rings. The molecule has 1 amide bonds. The van der Waals surface area contributed by atoms with Gasteiger partial charge in [0.1, 0.15) is 0 Å². The Morgan fingerprint density at radius 1 is 1.22 bits per heavy atom. The van der Waals surface area contributed by atoms with Gasteiger partial charge in [0.2, 0.25) is 5.91 Å². The minimum absolute atomic E-state index is 0.0296. The number of aromatic amines is 1. The van der Waals surface area contributed by atoms with Gasteiger partial charge in [0.25, 0.3) is 0 Å². The van der Waals surface area contributed by atoms with Crippen LogP contribution in [0.4, 0.5) is 0 Å². The highest BCUT2D eigenvalue weighted by Gasteiger charge is 2.17. The van der Waals surface area contributed by atoms with Crippen molar-refractivity contribution in [2.75, 3.05) is 26.2 Å². The van der Waals surface area contributed by atoms with E-state index in [9.17, 15) is 14.7 Å². The van der Waals surface area contributed by atoms with Crippen molar-refractivity contribution in [2.45, 2.75) is 25.3 Å². The first kappa shape index (κ1) is 20.6. The van der Waals surface area contributed by atoms with Crippen molar-refractivity contribution in [3.05, 3.63) is 54.1 Å². The molecule has 0 unspecified atom stereocenters. The normalized spacial score (nSPS) is 12.1. The largest absolute Gasteiger partial charge is 0.480 e. The fourth-order valence-corrected chi connectivity index (χ4v) is 2.85. The number of hydrogen-bond acceptors (Lipinski definition) is 5. The Hall–Kier alpha value is -2.71. The van der Waals surface area contributed by atoms with Crippen molar-refractivity contribution in [3.8, 4) is 0 Å². The van der Waals surface area contributed by atoms with Gasteiger partial charge >= 0.3 is 5.97 Å². The maximum Gasteiger partial charge on any atom is 0.317 e. The van der Waals surface area contributed by atoms with Gasteiger partial charge in [-0.25, -0.2) is 4.98 Å². The Balaban J connectivity index is 1.81. The zero-order chi connectivity index (χ0) is 19.5. The Morgan fingerprint density at radius 3 is 2.63 bits per heavy atom. The second-order valence-electron chi connectivity index (χ2n) is 6.41. The van der Waals surface area contributed by atoms with Crippen LogP contribution in [0.5, 0.6) is 0 Å². The number of carbonyl (C=O) groups excluding carboxylic acids is 1. The van der Waals surface area contributed by atoms with Crippen LogP contribution in [0, 0.1) is 0 Å². The molecular weight excluding hydrogens is 348 g/mol. The minimum Gasteiger partial charge on any atom is -0.480 e. The van der Waals surface area contributed by atoms with Gasteiger partial charge in [-0.15, -0.1) is 0 Å². The van der Waals surface area contributed by atoms with Crippen molar-refractivity contribution in [1.82, 2.24) is 20.2 Å². The Bertz CT molecular complexity index is 691. The molecule has 1 atom stereocenters. The van der Waals surface area contributed by atoms with Gasteiger partial charge < -0.3 is 20.5 Å². The number of aryl methyl sites for hydroxylation is 1. The number of H-pyrrole nitrogens is 1. The molecule has 1 aromatic carbocycles. The van der Waals surface area contributed by atoms with Crippen LogP contribution in [0.2, 0.25) is 0 Å². The maximum absolute atomic E-state index is 12.3. The quantitative estimate of drug-likeness (QED) is 0.428. The Kier molecular flexibility index (Phi) is 8.47. The second kappa shape index (κ2) is 11.1. The van der Waals surface area contributed by atoms with E-state index in [1.165, 1.54) is 11.9 Å². The number of aliphatic carboxylic acids is 1. The van der Waals surface area contributed by atoms with E-state index in [1.807, 2.05) is 30.3 Å². The van der Waals surface area contributed by atoms with Crippen molar-refractivity contribution >= 4 is 11.9 Å². The predicted octanol–water partition coefficient (Wildman–Crippen LogP) is 0.449. The number of carboxylic acid groups (broad SMARTS) is 1. The number of benzene rings is 1. The van der Waals surface area contributed by atoms with Crippen LogP contribution in [-0.2, 0) is 22.4 Å². The SMILES string of the molecule is O=C(O)CN(CCCc1ccccc1)CC(=O)N[C@H](CO)Cc1c[nH]cn1. The number of aliphatic hydroxyl groups excluding tert-OH is 1. The molecule has 1 heterocycles. The number of amides is 1. The van der Waals surface area contributed by atoms with E-state index in [2.05, 4.69) is 15.3 Å². The molecule has 0 bridgehead atoms. The van der Waals surface area contributed by atoms with Crippen LogP contribution >= 0.6 is 0 Å². The number of rotatable bonds is 12. The molecule has 8 heteroatoms. The van der Waals surface area contributed by atoms with Crippen molar-refractivity contribution in [2.24, 2.45) is 0 Å². The molecule has 27 heavy (non-hydrogen) atoms. The van der Waals surface area contributed by atoms with Crippen molar-refractivity contribution < 1.29 is 19.8 Å². The van der Waals surface area contributed by atoms with Gasteiger partial charge in [-0.1, -0.05) is 30.3 Å². The van der Waals surface area contributed by atoms with Crippen molar-refractivity contribution in [3.63, 3.8) is 0 Å². The zero-order valence-electron chi connectivity index (χ0n) is 15.2. The van der Waals surface area contributed by atoms with E-state index in [0.717, 1.165) is 18.5 Å². The number of aliphatic hydroxyl groups is 1. The van der Waals surface area contributed by atoms with E-state index >= 15 is 0 Å². The lowest BCUT2D eigenvalue weighted by Crippen LogP contribution is -2.46. The number of carbonyl (C=O) groups is 2. The summed E-state index contributed by atoms with van der Waals surface area (Å²) in [5, 5.41) is 21.3. The van der Waals surface area contributed by atoms with Gasteiger partial charge in [0, 0.05) is 12.6 Å². The second-order valence-corrected chi connectivity index (χ2v) is 6.41. The highest BCUT2D eigenvalue weighted by atomic mass is 16.4. The van der Waals surface area contributed by atoms with Gasteiger partial charge in [-0.2, -0.15) is 0 Å². The van der Waals surface area contributed by atoms with E-state index < -0.39 is 12.0 Å². The first-order chi connectivity index (χ1) is 13.1. The van der Waals surface area contributed by atoms with E-state index in [0.29, 0.717) is 13.0 Å². The molecule has 0 spiro atoms. The highest BCUT2D eigenvalue weighted by Crippen LogP contribution is 2.04. The third-order valence-corrected chi connectivity index (χ3v) is 4.10. The van der Waals surface area contributed by atoms with Crippen molar-refractivity contribution in [1.29, 1.82) is 0 Å². The lowest BCUT2D eigenvalue weighted by atomic mass is 10.1. The maximum atomic E-state index is 12.3. The summed E-state index contributed by atoms with van der Waals surface area (Å²) in [6, 6.07) is 9.46. The lowest BCUT2D eigenvalue weighted by Gasteiger charge is -2.22. The zero-order valence-corrected chi connectivity index (χ0v) is 15.2. The first-order valence-corrected chi connectivity index (χ1v) is 8.92. The van der Waals surface area contributed by atoms with Crippen LogP contribution in [-0.4, -0.2) is 69.2 Å². The van der Waals surface area contributed by atoms with Crippen LogP contribution in [0.3, 0.4) is 0 Å². The van der Waals surface area contributed by atoms with Crippen LogP contribution < -0.4 is 5.32 Å². The molecule has 146 valence electrons. The molecule has 0 radical (unpaired) electrons. The molecular formula is C19H26N4O4. The molecule has 0 aliphatic rings. The predicted molar refractivity (Wildman–Crippen MR) is 100 cm³/mol. The summed E-state index contributed by atoms with van der Waals surface area (Å²) in [6.45, 7) is 0.0484. The van der Waals surface area contributed by atoms with Crippen LogP contribution in [0.25, 0.3) is 0 Å². The summed E-state index contributed by atoms with van der Waals surface area (Å²) in [7, 11) is 0. The van der Waals surface area contributed by atoms with E-state index in [4.69, 9.17) is 5.11 Å². The molecule has 4 N–H and O–H groups in total. The van der Waals surface area contributed by atoms with E-state index in [-0.39, 0.29) is 25.6 Å². The average Bonchev–Trinajstić information content (AvgIpc) is 3.14. The molecule has 8 nitrogen and oxygen atoms in total. The Labute approximate surface area is 158 Å². The molecule has 0 fully saturated rings. The highest BCUT2D eigenvalue weighted by molar-refractivity contribution is 5.79. The number of nitrogens with one attached hydrogen (secondary N) is 2. The molecule has 0 aliphatic heterocycles. The molecule has 0 aliphatic carbocycles. The number of carboxylic acids is 1. The Morgan fingerprint density at radius 2 is 2.00 bits per heavy atom. The van der Waals surface area contributed by atoms with E-state index in [1.54, 1.807) is 11.1 Å². The fraction of sp³-hybridized carbons (Fsp3) is 0.421. The lowest BCUT2D eigenvalue weighted by molar-refractivity contribution is -0.138. The first-order valence-electron chi connectivity index (χ1n) is 8.92. The van der Waals surface area contributed by atoms with Crippen LogP contribution in [0.1, 0.15) is 17.7 Å². The molecule has 1 aromatic heterocycles. The monoisotopic (exact) mass is 374 g/mol. The molecule has 0 saturated carbocycles. The standard InChI is InChI=1S/C19H26N4O4/c24-13-17(9-16-10-20-14-21-16)22-18(25)11-23(12-19(26)27)8-4-7-15-5-2-1-3-6-15/h1-3,5-6,10,14,17,24H,4,7-9,11-13H2,(H,20,21)(H,22,25)(H,26,27)/t17-/m0/s1. The number of imidazole rings is 1. The summed E-state index contributed by atoms with van der Waals surface area (Å²) in [4.78, 5) is 31.9. The summed E-state index contributed by atoms with van der Waals surface area (Å²) < 4.78 is 0. The molecule has 0 saturated heterocycles. The minimum atomic E-state index is -0.974. The fourth-order valence-electron chi connectivity index (χ4n) is 2.85. The van der Waals surface area contributed by atoms with Gasteiger partial charge in [-0.3, -0.25) is 14.5 Å². The smallest absolute Gasteiger partial charge is 0.317 e. The van der Waals surface area contributed by atoms with Crippen LogP contribution in [0.15, 0.2) is 42.9 Å². The number of nitrogens with zero attached hydrogens (tertiary/aromatic N) is 2. The van der Waals surface area contributed by atoms with Gasteiger partial charge in [0.15, 0.2) is 0 Å². The number of hydrogen-bond donors (Lipinski definition) is 4. The topological polar surface area (TPSA) is 119 Å². The molecule has 2 rings (SSSR count).